The zero-order valence-electron chi connectivity index (χ0n) is 26.5. The second-order valence-electron chi connectivity index (χ2n) is 13.1. The predicted molar refractivity (Wildman–Crippen MR) is 186 cm³/mol. The first kappa shape index (κ1) is 30.1. The van der Waals surface area contributed by atoms with Gasteiger partial charge in [0, 0.05) is 35.7 Å². The van der Waals surface area contributed by atoms with E-state index >= 15 is 4.39 Å². The van der Waals surface area contributed by atoms with Crippen molar-refractivity contribution in [3.05, 3.63) is 167 Å². The van der Waals surface area contributed by atoms with Gasteiger partial charge in [-0.25, -0.2) is 0 Å². The van der Waals surface area contributed by atoms with Crippen LogP contribution in [-0.2, 0) is 18.3 Å². The van der Waals surface area contributed by atoms with Crippen LogP contribution in [-0.4, -0.2) is 44.4 Å². The van der Waals surface area contributed by atoms with Gasteiger partial charge >= 0.3 is 0 Å². The molecule has 6 aromatic rings. The lowest BCUT2D eigenvalue weighted by atomic mass is 9.63. The van der Waals surface area contributed by atoms with Crippen LogP contribution in [0.4, 0.5) is 10.1 Å². The number of aromatic hydroxyl groups is 1. The van der Waals surface area contributed by atoms with Gasteiger partial charge in [0.25, 0.3) is 0 Å². The number of rotatable bonds is 7. The van der Waals surface area contributed by atoms with Crippen LogP contribution >= 0.6 is 0 Å². The van der Waals surface area contributed by atoms with E-state index in [1.807, 2.05) is 31.3 Å². The van der Waals surface area contributed by atoms with Gasteiger partial charge in [0.05, 0.1) is 23.5 Å². The third kappa shape index (κ3) is 4.73. The van der Waals surface area contributed by atoms with Gasteiger partial charge in [0.2, 0.25) is 11.8 Å². The van der Waals surface area contributed by atoms with Gasteiger partial charge in [-0.3, -0.25) is 0 Å². The third-order valence-electron chi connectivity index (χ3n) is 10.4. The highest BCUT2D eigenvalue weighted by Gasteiger charge is 2.54. The van der Waals surface area contributed by atoms with Crippen molar-refractivity contribution in [3.63, 3.8) is 0 Å². The Morgan fingerprint density at radius 3 is 1.94 bits per heavy atom. The minimum atomic E-state index is -1.15. The van der Waals surface area contributed by atoms with E-state index in [1.54, 1.807) is 24.3 Å². The molecule has 2 heterocycles. The Kier molecular flexibility index (Phi) is 7.39. The first-order valence-corrected chi connectivity index (χ1v) is 16.3. The molecule has 48 heavy (non-hydrogen) atoms. The normalized spacial score (nSPS) is 22.2. The molecule has 5 aromatic carbocycles. The van der Waals surface area contributed by atoms with E-state index < -0.39 is 41.3 Å². The van der Waals surface area contributed by atoms with Crippen molar-refractivity contribution in [2.75, 3.05) is 11.9 Å². The predicted octanol–water partition coefficient (Wildman–Crippen LogP) is 7.06. The van der Waals surface area contributed by atoms with Gasteiger partial charge in [0.15, 0.2) is 0 Å². The second kappa shape index (κ2) is 11.8. The number of halogens is 1. The Balaban J connectivity index is 1.27. The number of anilines is 1. The topological polar surface area (TPSA) is 81.8 Å². The van der Waals surface area contributed by atoms with Crippen LogP contribution in [0, 0.1) is 11.9 Å². The second-order valence-corrected chi connectivity index (χ2v) is 13.1. The fourth-order valence-corrected chi connectivity index (χ4v) is 8.09. The summed E-state index contributed by atoms with van der Waals surface area (Å²) >= 11 is 0. The maximum Gasteiger partial charge on any atom is 0.240 e. The molecule has 7 heteroatoms. The lowest BCUT2D eigenvalue weighted by Gasteiger charge is -2.46. The zero-order valence-corrected chi connectivity index (χ0v) is 26.5. The lowest BCUT2D eigenvalue weighted by Crippen LogP contribution is -2.53. The maximum absolute atomic E-state index is 15.4. The van der Waals surface area contributed by atoms with Crippen molar-refractivity contribution in [1.82, 2.24) is 9.78 Å². The van der Waals surface area contributed by atoms with Crippen molar-refractivity contribution in [1.29, 1.82) is 0 Å². The number of para-hydroxylation sites is 1. The maximum atomic E-state index is 15.4. The summed E-state index contributed by atoms with van der Waals surface area (Å²) in [6, 6.07) is 42.3. The monoisotopic (exact) mass is 637 g/mol. The molecule has 3 N–H and O–H groups in total. The molecule has 2 aliphatic rings. The molecule has 2 atom stereocenters. The molecule has 2 unspecified atom stereocenters. The molecule has 0 saturated heterocycles. The van der Waals surface area contributed by atoms with E-state index in [2.05, 4.69) is 94.9 Å². The van der Waals surface area contributed by atoms with Gasteiger partial charge in [-0.1, -0.05) is 115 Å². The fraction of sp³-hybridized carbons (Fsp3) is 0.195. The van der Waals surface area contributed by atoms with Crippen LogP contribution < -0.4 is 4.90 Å². The standard InChI is InChI=1S/C41H36FN3O3/c1-44-32-22-21-28-17-11-12-20-30(28)36(32)41(24-26-13-5-2-6-14-26,25-27-15-7-3-8-16-27)33(44)23-31-37(46)34(38(31)47)35-39(42)43-45(40(35)48)29-18-9-4-10-19-29/h2-23,31,34,37-38,46-48H,24-25H2,1H3. The van der Waals surface area contributed by atoms with Crippen LogP contribution in [0.1, 0.15) is 28.2 Å². The summed E-state index contributed by atoms with van der Waals surface area (Å²) in [6.45, 7) is 0. The lowest BCUT2D eigenvalue weighted by molar-refractivity contribution is -0.0964. The number of aliphatic hydroxyl groups is 2. The van der Waals surface area contributed by atoms with Crippen molar-refractivity contribution in [3.8, 4) is 11.6 Å². The molecule has 240 valence electrons. The van der Waals surface area contributed by atoms with Gasteiger partial charge in [-0.15, -0.1) is 5.10 Å². The van der Waals surface area contributed by atoms with E-state index in [9.17, 15) is 15.3 Å². The smallest absolute Gasteiger partial charge is 0.240 e. The number of allylic oxidation sites excluding steroid dienone is 1. The van der Waals surface area contributed by atoms with E-state index in [-0.39, 0.29) is 5.56 Å². The number of likely N-dealkylation sites (N-methyl/N-ethyl adjacent to an activating group) is 1. The van der Waals surface area contributed by atoms with Crippen molar-refractivity contribution >= 4 is 16.5 Å². The van der Waals surface area contributed by atoms with Gasteiger partial charge in [0.1, 0.15) is 0 Å². The summed E-state index contributed by atoms with van der Waals surface area (Å²) in [5.74, 6) is -3.09. The number of aromatic nitrogens is 2. The molecule has 0 bridgehead atoms. The number of nitrogens with zero attached hydrogens (tertiary/aromatic N) is 3. The largest absolute Gasteiger partial charge is 0.493 e. The highest BCUT2D eigenvalue weighted by atomic mass is 19.1. The Bertz CT molecular complexity index is 2080. The molecule has 1 fully saturated rings. The summed E-state index contributed by atoms with van der Waals surface area (Å²) in [7, 11) is 2.04. The Morgan fingerprint density at radius 1 is 0.750 bits per heavy atom. The number of aliphatic hydroxyl groups excluding tert-OH is 2. The van der Waals surface area contributed by atoms with Gasteiger partial charge < -0.3 is 20.2 Å². The fourth-order valence-electron chi connectivity index (χ4n) is 8.09. The number of benzene rings is 5. The average molecular weight is 638 g/mol. The van der Waals surface area contributed by atoms with Crippen molar-refractivity contribution in [2.45, 2.75) is 36.4 Å². The molecular weight excluding hydrogens is 601 g/mol. The summed E-state index contributed by atoms with van der Waals surface area (Å²) in [5.41, 5.74) is 5.31. The quantitative estimate of drug-likeness (QED) is 0.175. The molecule has 8 rings (SSSR count). The van der Waals surface area contributed by atoms with E-state index in [0.29, 0.717) is 18.5 Å². The first-order chi connectivity index (χ1) is 23.4. The summed E-state index contributed by atoms with van der Waals surface area (Å²) in [6.07, 6.45) is 1.05. The molecular formula is C41H36FN3O3. The van der Waals surface area contributed by atoms with Crippen LogP contribution in [0.25, 0.3) is 16.5 Å². The van der Waals surface area contributed by atoms with Gasteiger partial charge in [-0.05, 0) is 58.5 Å². The Morgan fingerprint density at radius 2 is 1.31 bits per heavy atom. The number of hydrogen-bond acceptors (Lipinski definition) is 5. The average Bonchev–Trinajstić information content (AvgIpc) is 3.53. The van der Waals surface area contributed by atoms with E-state index in [0.717, 1.165) is 26.8 Å². The van der Waals surface area contributed by atoms with Crippen LogP contribution in [0.15, 0.2) is 139 Å². The molecule has 1 aromatic heterocycles. The molecule has 0 spiro atoms. The molecule has 0 radical (unpaired) electrons. The first-order valence-electron chi connectivity index (χ1n) is 16.3. The SMILES string of the molecule is CN1C(=CC2C(O)C(c3c(F)nn(-c4ccccc4)c3O)C2O)C(Cc2ccccc2)(Cc2ccccc2)c2c1ccc1ccccc21. The van der Waals surface area contributed by atoms with E-state index in [1.165, 1.54) is 16.7 Å². The molecule has 1 saturated carbocycles. The molecule has 1 aliphatic heterocycles. The Hall–Kier alpha value is -5.24. The number of fused-ring (bicyclic) bond motifs is 3. The number of hydrogen-bond donors (Lipinski definition) is 3. The van der Waals surface area contributed by atoms with Crippen LogP contribution in [0.3, 0.4) is 0 Å². The molecule has 0 amide bonds. The third-order valence-corrected chi connectivity index (χ3v) is 10.4. The minimum absolute atomic E-state index is 0.178. The van der Waals surface area contributed by atoms with Crippen LogP contribution in [0.5, 0.6) is 5.88 Å². The summed E-state index contributed by atoms with van der Waals surface area (Å²) in [5, 5.41) is 40.6. The minimum Gasteiger partial charge on any atom is -0.493 e. The highest BCUT2D eigenvalue weighted by Crippen LogP contribution is 2.56. The zero-order chi connectivity index (χ0) is 33.0. The Labute approximate surface area is 278 Å². The highest BCUT2D eigenvalue weighted by molar-refractivity contribution is 5.95. The van der Waals surface area contributed by atoms with Crippen molar-refractivity contribution in [2.24, 2.45) is 5.92 Å². The van der Waals surface area contributed by atoms with Crippen LogP contribution in [0.2, 0.25) is 0 Å². The van der Waals surface area contributed by atoms with Crippen molar-refractivity contribution < 1.29 is 19.7 Å². The summed E-state index contributed by atoms with van der Waals surface area (Å²) in [4.78, 5) is 2.19. The molecule has 1 aliphatic carbocycles. The van der Waals surface area contributed by atoms with Gasteiger partial charge in [-0.2, -0.15) is 9.07 Å². The van der Waals surface area contributed by atoms with E-state index in [4.69, 9.17) is 0 Å². The summed E-state index contributed by atoms with van der Waals surface area (Å²) < 4.78 is 16.5. The molecule has 6 nitrogen and oxygen atoms in total.